The summed E-state index contributed by atoms with van der Waals surface area (Å²) in [7, 11) is 0. The lowest BCUT2D eigenvalue weighted by molar-refractivity contribution is -0.135. The Kier molecular flexibility index (Phi) is 9.47. The summed E-state index contributed by atoms with van der Waals surface area (Å²) >= 11 is 3.12. The minimum absolute atomic E-state index is 0.00786. The second-order valence-corrected chi connectivity index (χ2v) is 10.3. The quantitative estimate of drug-likeness (QED) is 0.649. The Bertz CT molecular complexity index is 545. The Labute approximate surface area is 177 Å². The smallest absolute Gasteiger partial charge is 0.235 e. The minimum atomic E-state index is -0.0194. The Morgan fingerprint density at radius 1 is 0.821 bits per heavy atom. The van der Waals surface area contributed by atoms with Gasteiger partial charge in [0.1, 0.15) is 0 Å². The van der Waals surface area contributed by atoms with Crippen molar-refractivity contribution in [3.8, 4) is 0 Å². The molecule has 0 aromatic heterocycles. The number of piperidine rings is 1. The van der Waals surface area contributed by atoms with Crippen LogP contribution in [0.4, 0.5) is 0 Å². The molecular weight excluding hydrogens is 394 g/mol. The van der Waals surface area contributed by atoms with Gasteiger partial charge in [0.15, 0.2) is 0 Å². The molecule has 2 atom stereocenters. The molecule has 6 nitrogen and oxygen atoms in total. The Morgan fingerprint density at radius 3 is 1.82 bits per heavy atom. The van der Waals surface area contributed by atoms with Gasteiger partial charge >= 0.3 is 0 Å². The lowest BCUT2D eigenvalue weighted by atomic mass is 9.89. The highest BCUT2D eigenvalue weighted by Gasteiger charge is 2.31. The minimum Gasteiger partial charge on any atom is -0.353 e. The predicted octanol–water partition coefficient (Wildman–Crippen LogP) is 2.27. The first-order chi connectivity index (χ1) is 13.3. The number of hydrogen-bond donors (Lipinski definition) is 2. The fraction of sp³-hybridized carbons (Fsp3) is 0.850. The number of rotatable bonds is 7. The lowest BCUT2D eigenvalue weighted by Crippen LogP contribution is -2.49. The van der Waals surface area contributed by atoms with Crippen LogP contribution in [-0.4, -0.2) is 70.8 Å². The molecule has 2 aliphatic rings. The molecule has 0 aromatic carbocycles. The van der Waals surface area contributed by atoms with E-state index < -0.39 is 0 Å². The van der Waals surface area contributed by atoms with Crippen molar-refractivity contribution in [2.45, 2.75) is 75.0 Å². The highest BCUT2D eigenvalue weighted by Crippen LogP contribution is 2.23. The summed E-state index contributed by atoms with van der Waals surface area (Å²) in [6, 6.07) is 0.428. The first-order valence-electron chi connectivity index (χ1n) is 10.3. The van der Waals surface area contributed by atoms with Gasteiger partial charge in [-0.2, -0.15) is 23.5 Å². The third-order valence-corrected chi connectivity index (χ3v) is 7.85. The fourth-order valence-corrected chi connectivity index (χ4v) is 4.48. The maximum absolute atomic E-state index is 12.6. The molecule has 2 rings (SSSR count). The number of likely N-dealkylation sites (tertiary alicyclic amines) is 1. The van der Waals surface area contributed by atoms with E-state index in [9.17, 15) is 14.4 Å². The van der Waals surface area contributed by atoms with Gasteiger partial charge in [0.25, 0.3) is 0 Å². The van der Waals surface area contributed by atoms with Gasteiger partial charge < -0.3 is 15.5 Å². The van der Waals surface area contributed by atoms with E-state index in [2.05, 4.69) is 10.6 Å². The van der Waals surface area contributed by atoms with Crippen LogP contribution in [0, 0.1) is 5.92 Å². The molecular formula is C20H35N3O3S2. The van der Waals surface area contributed by atoms with Crippen molar-refractivity contribution in [3.05, 3.63) is 0 Å². The van der Waals surface area contributed by atoms with Crippen molar-refractivity contribution in [2.75, 3.05) is 25.6 Å². The third kappa shape index (κ3) is 6.58. The Morgan fingerprint density at radius 2 is 1.32 bits per heavy atom. The average Bonchev–Trinajstić information content (AvgIpc) is 2.73. The van der Waals surface area contributed by atoms with Gasteiger partial charge in [0.05, 0.1) is 10.5 Å². The second-order valence-electron chi connectivity index (χ2n) is 7.92. The number of amides is 3. The summed E-state index contributed by atoms with van der Waals surface area (Å²) in [4.78, 5) is 38.8. The second kappa shape index (κ2) is 11.3. The summed E-state index contributed by atoms with van der Waals surface area (Å²) in [5, 5.41) is 6.30. The van der Waals surface area contributed by atoms with Crippen molar-refractivity contribution in [1.29, 1.82) is 0 Å². The maximum Gasteiger partial charge on any atom is 0.235 e. The van der Waals surface area contributed by atoms with E-state index in [-0.39, 0.29) is 46.2 Å². The lowest BCUT2D eigenvalue weighted by Gasteiger charge is -2.34. The molecule has 1 saturated heterocycles. The normalized spacial score (nSPS) is 25.6. The summed E-state index contributed by atoms with van der Waals surface area (Å²) < 4.78 is 0. The number of carbonyl (C=O) groups excluding carboxylic acids is 3. The molecule has 0 radical (unpaired) electrons. The predicted molar refractivity (Wildman–Crippen MR) is 118 cm³/mol. The zero-order valence-corrected chi connectivity index (χ0v) is 19.2. The molecule has 1 aliphatic heterocycles. The summed E-state index contributed by atoms with van der Waals surface area (Å²) in [5.74, 6) is 0.432. The first kappa shape index (κ1) is 23.4. The van der Waals surface area contributed by atoms with Crippen LogP contribution < -0.4 is 10.6 Å². The van der Waals surface area contributed by atoms with Crippen LogP contribution >= 0.6 is 23.5 Å². The molecule has 160 valence electrons. The molecule has 2 N–H and O–H groups in total. The molecule has 0 spiro atoms. The van der Waals surface area contributed by atoms with Gasteiger partial charge in [0.2, 0.25) is 17.7 Å². The number of thioether (sulfide) groups is 2. The molecule has 0 bridgehead atoms. The van der Waals surface area contributed by atoms with E-state index >= 15 is 0 Å². The van der Waals surface area contributed by atoms with Crippen molar-refractivity contribution < 1.29 is 14.4 Å². The van der Waals surface area contributed by atoms with Crippen molar-refractivity contribution in [2.24, 2.45) is 5.92 Å². The van der Waals surface area contributed by atoms with Gasteiger partial charge in [0, 0.05) is 31.1 Å². The summed E-state index contributed by atoms with van der Waals surface area (Å²) in [5.41, 5.74) is 0. The zero-order chi connectivity index (χ0) is 20.7. The van der Waals surface area contributed by atoms with Crippen LogP contribution in [0.5, 0.6) is 0 Å². The SMILES string of the molecule is CSC(C)C(=O)NC1CCC(NC(=O)C2CCN(C(=O)C(C)SC)CC2)CC1. The van der Waals surface area contributed by atoms with E-state index in [1.165, 1.54) is 0 Å². The Hall–Kier alpha value is -0.890. The number of nitrogens with zero attached hydrogens (tertiary/aromatic N) is 1. The van der Waals surface area contributed by atoms with E-state index in [4.69, 9.17) is 0 Å². The van der Waals surface area contributed by atoms with Crippen LogP contribution in [0.15, 0.2) is 0 Å². The fourth-order valence-electron chi connectivity index (χ4n) is 3.85. The Balaban J connectivity index is 1.69. The average molecular weight is 430 g/mol. The molecule has 8 heteroatoms. The summed E-state index contributed by atoms with van der Waals surface area (Å²) in [6.45, 7) is 5.21. The summed E-state index contributed by atoms with van der Waals surface area (Å²) in [6.07, 6.45) is 9.04. The molecule has 3 amide bonds. The molecule has 1 heterocycles. The molecule has 2 fully saturated rings. The van der Waals surface area contributed by atoms with Crippen molar-refractivity contribution >= 4 is 41.2 Å². The van der Waals surface area contributed by atoms with Gasteiger partial charge in [-0.05, 0) is 64.9 Å². The van der Waals surface area contributed by atoms with Gasteiger partial charge in [-0.15, -0.1) is 0 Å². The molecule has 28 heavy (non-hydrogen) atoms. The number of carbonyl (C=O) groups is 3. The molecule has 1 saturated carbocycles. The third-order valence-electron chi connectivity index (χ3n) is 6.02. The molecule has 2 unspecified atom stereocenters. The van der Waals surface area contributed by atoms with E-state index in [1.807, 2.05) is 31.3 Å². The van der Waals surface area contributed by atoms with Gasteiger partial charge in [-0.3, -0.25) is 14.4 Å². The number of hydrogen-bond acceptors (Lipinski definition) is 5. The van der Waals surface area contributed by atoms with Gasteiger partial charge in [-0.25, -0.2) is 0 Å². The van der Waals surface area contributed by atoms with E-state index in [0.29, 0.717) is 13.1 Å². The monoisotopic (exact) mass is 429 g/mol. The topological polar surface area (TPSA) is 78.5 Å². The first-order valence-corrected chi connectivity index (χ1v) is 12.9. The van der Waals surface area contributed by atoms with Crippen LogP contribution in [0.3, 0.4) is 0 Å². The maximum atomic E-state index is 12.6. The largest absolute Gasteiger partial charge is 0.353 e. The van der Waals surface area contributed by atoms with Crippen LogP contribution in [0.25, 0.3) is 0 Å². The standard InChI is InChI=1S/C20H35N3O3S2/c1-13(27-3)18(24)21-16-5-7-17(8-6-16)22-19(25)15-9-11-23(12-10-15)20(26)14(2)28-4/h13-17H,5-12H2,1-4H3,(H,21,24)(H,22,25). The number of nitrogens with one attached hydrogen (secondary N) is 2. The van der Waals surface area contributed by atoms with Crippen molar-refractivity contribution in [3.63, 3.8) is 0 Å². The zero-order valence-electron chi connectivity index (χ0n) is 17.5. The molecule has 1 aliphatic carbocycles. The van der Waals surface area contributed by atoms with Crippen LogP contribution in [-0.2, 0) is 14.4 Å². The van der Waals surface area contributed by atoms with Gasteiger partial charge in [-0.1, -0.05) is 0 Å². The molecule has 0 aromatic rings. The van der Waals surface area contributed by atoms with E-state index in [0.717, 1.165) is 38.5 Å². The van der Waals surface area contributed by atoms with E-state index in [1.54, 1.807) is 23.5 Å². The van der Waals surface area contributed by atoms with Crippen molar-refractivity contribution in [1.82, 2.24) is 15.5 Å². The highest BCUT2D eigenvalue weighted by molar-refractivity contribution is 8.00. The highest BCUT2D eigenvalue weighted by atomic mass is 32.2. The van der Waals surface area contributed by atoms with Crippen LogP contribution in [0.2, 0.25) is 0 Å². The van der Waals surface area contributed by atoms with Crippen LogP contribution in [0.1, 0.15) is 52.4 Å².